The Hall–Kier alpha value is -0.930. The zero-order valence-corrected chi connectivity index (χ0v) is 12.5. The molecule has 1 aromatic rings. The van der Waals surface area contributed by atoms with Crippen LogP contribution in [0.25, 0.3) is 0 Å². The summed E-state index contributed by atoms with van der Waals surface area (Å²) in [7, 11) is 3.30. The summed E-state index contributed by atoms with van der Waals surface area (Å²) in [5.74, 6) is 1.53. The fourth-order valence-electron chi connectivity index (χ4n) is 2.23. The molecule has 1 rings (SSSR count). The fourth-order valence-corrected chi connectivity index (χ4v) is 2.23. The van der Waals surface area contributed by atoms with Crippen molar-refractivity contribution in [3.8, 4) is 11.5 Å². The molecule has 0 amide bonds. The first-order chi connectivity index (χ1) is 8.17. The highest BCUT2D eigenvalue weighted by Gasteiger charge is 2.27. The SMILES string of the molecule is CCC(CC)(CN)c1ccc(OC)c(OC)c1.Cl. The number of halogens is 1. The molecule has 0 aliphatic carbocycles. The van der Waals surface area contributed by atoms with Crippen molar-refractivity contribution in [1.29, 1.82) is 0 Å². The van der Waals surface area contributed by atoms with Crippen LogP contribution in [0, 0.1) is 0 Å². The largest absolute Gasteiger partial charge is 0.493 e. The van der Waals surface area contributed by atoms with E-state index in [-0.39, 0.29) is 17.8 Å². The van der Waals surface area contributed by atoms with Gasteiger partial charge in [0.05, 0.1) is 14.2 Å². The van der Waals surface area contributed by atoms with Crippen LogP contribution in [0.15, 0.2) is 18.2 Å². The van der Waals surface area contributed by atoms with E-state index in [1.54, 1.807) is 14.2 Å². The van der Waals surface area contributed by atoms with E-state index in [1.807, 2.05) is 12.1 Å². The molecule has 0 atom stereocenters. The van der Waals surface area contributed by atoms with E-state index in [4.69, 9.17) is 15.2 Å². The number of hydrogen-bond donors (Lipinski definition) is 1. The lowest BCUT2D eigenvalue weighted by Gasteiger charge is -2.31. The van der Waals surface area contributed by atoms with Gasteiger partial charge in [-0.2, -0.15) is 0 Å². The van der Waals surface area contributed by atoms with Gasteiger partial charge in [0, 0.05) is 12.0 Å². The van der Waals surface area contributed by atoms with Crippen molar-refractivity contribution in [2.24, 2.45) is 5.73 Å². The molecule has 4 heteroatoms. The van der Waals surface area contributed by atoms with Gasteiger partial charge in [-0.1, -0.05) is 19.9 Å². The lowest BCUT2D eigenvalue weighted by molar-refractivity contribution is 0.350. The molecule has 0 bridgehead atoms. The predicted molar refractivity (Wildman–Crippen MR) is 78.1 cm³/mol. The predicted octanol–water partition coefficient (Wildman–Crippen LogP) is 3.14. The summed E-state index contributed by atoms with van der Waals surface area (Å²) in [5, 5.41) is 0. The minimum absolute atomic E-state index is 0. The Morgan fingerprint density at radius 2 is 1.61 bits per heavy atom. The third kappa shape index (κ3) is 3.09. The minimum atomic E-state index is 0. The highest BCUT2D eigenvalue weighted by atomic mass is 35.5. The Balaban J connectivity index is 0.00000289. The molecule has 1 aromatic carbocycles. The minimum Gasteiger partial charge on any atom is -0.493 e. The normalized spacial score (nSPS) is 10.7. The quantitative estimate of drug-likeness (QED) is 0.866. The van der Waals surface area contributed by atoms with Crippen LogP contribution in [0.1, 0.15) is 32.3 Å². The Morgan fingerprint density at radius 3 is 2.00 bits per heavy atom. The van der Waals surface area contributed by atoms with Gasteiger partial charge in [0.1, 0.15) is 0 Å². The van der Waals surface area contributed by atoms with Crippen LogP contribution in [0.3, 0.4) is 0 Å². The number of benzene rings is 1. The van der Waals surface area contributed by atoms with Gasteiger partial charge in [-0.15, -0.1) is 12.4 Å². The first-order valence-electron chi connectivity index (χ1n) is 6.10. The van der Waals surface area contributed by atoms with Crippen LogP contribution >= 0.6 is 12.4 Å². The van der Waals surface area contributed by atoms with Crippen molar-refractivity contribution in [1.82, 2.24) is 0 Å². The molecule has 0 saturated heterocycles. The first-order valence-corrected chi connectivity index (χ1v) is 6.10. The van der Waals surface area contributed by atoms with Crippen LogP contribution in [-0.2, 0) is 5.41 Å². The summed E-state index contributed by atoms with van der Waals surface area (Å²) in [6, 6.07) is 6.07. The molecule has 3 nitrogen and oxygen atoms in total. The Kier molecular flexibility index (Phi) is 7.11. The molecule has 18 heavy (non-hydrogen) atoms. The van der Waals surface area contributed by atoms with Gasteiger partial charge in [0.2, 0.25) is 0 Å². The van der Waals surface area contributed by atoms with E-state index >= 15 is 0 Å². The molecular weight excluding hydrogens is 250 g/mol. The van der Waals surface area contributed by atoms with Crippen molar-refractivity contribution < 1.29 is 9.47 Å². The number of nitrogens with two attached hydrogens (primary N) is 1. The molecule has 0 aromatic heterocycles. The molecule has 0 fully saturated rings. The Bertz CT molecular complexity index is 357. The highest BCUT2D eigenvalue weighted by Crippen LogP contribution is 2.36. The van der Waals surface area contributed by atoms with Crippen molar-refractivity contribution in [2.45, 2.75) is 32.1 Å². The molecule has 0 saturated carbocycles. The van der Waals surface area contributed by atoms with Crippen LogP contribution in [0.2, 0.25) is 0 Å². The average molecular weight is 274 g/mol. The van der Waals surface area contributed by atoms with Crippen molar-refractivity contribution in [2.75, 3.05) is 20.8 Å². The average Bonchev–Trinajstić information content (AvgIpc) is 2.41. The summed E-state index contributed by atoms with van der Waals surface area (Å²) in [5.41, 5.74) is 7.22. The van der Waals surface area contributed by atoms with Gasteiger partial charge < -0.3 is 15.2 Å². The second kappa shape index (κ2) is 7.49. The topological polar surface area (TPSA) is 44.5 Å². The van der Waals surface area contributed by atoms with Crippen LogP contribution in [0.5, 0.6) is 11.5 Å². The van der Waals surface area contributed by atoms with E-state index in [0.29, 0.717) is 6.54 Å². The van der Waals surface area contributed by atoms with Gasteiger partial charge in [-0.05, 0) is 30.5 Å². The molecule has 0 spiro atoms. The van der Waals surface area contributed by atoms with Gasteiger partial charge in [-0.25, -0.2) is 0 Å². The zero-order valence-electron chi connectivity index (χ0n) is 11.7. The van der Waals surface area contributed by atoms with Gasteiger partial charge in [-0.3, -0.25) is 0 Å². The van der Waals surface area contributed by atoms with Gasteiger partial charge >= 0.3 is 0 Å². The maximum atomic E-state index is 5.95. The molecule has 2 N–H and O–H groups in total. The number of ether oxygens (including phenoxy) is 2. The van der Waals surface area contributed by atoms with Crippen LogP contribution in [-0.4, -0.2) is 20.8 Å². The van der Waals surface area contributed by atoms with E-state index in [9.17, 15) is 0 Å². The van der Waals surface area contributed by atoms with Crippen LogP contribution in [0.4, 0.5) is 0 Å². The molecule has 0 heterocycles. The number of methoxy groups -OCH3 is 2. The monoisotopic (exact) mass is 273 g/mol. The second-order valence-electron chi connectivity index (χ2n) is 4.26. The highest BCUT2D eigenvalue weighted by molar-refractivity contribution is 5.85. The number of rotatable bonds is 6. The lowest BCUT2D eigenvalue weighted by Crippen LogP contribution is -2.33. The summed E-state index contributed by atoms with van der Waals surface area (Å²) < 4.78 is 10.6. The van der Waals surface area contributed by atoms with Crippen molar-refractivity contribution in [3.63, 3.8) is 0 Å². The summed E-state index contributed by atoms with van der Waals surface area (Å²) in [6.45, 7) is 5.00. The molecule has 0 radical (unpaired) electrons. The number of hydrogen-bond acceptors (Lipinski definition) is 3. The summed E-state index contributed by atoms with van der Waals surface area (Å²) in [4.78, 5) is 0. The maximum absolute atomic E-state index is 5.95. The second-order valence-corrected chi connectivity index (χ2v) is 4.26. The first kappa shape index (κ1) is 17.1. The van der Waals surface area contributed by atoms with E-state index in [1.165, 1.54) is 5.56 Å². The molecule has 0 unspecified atom stereocenters. The van der Waals surface area contributed by atoms with E-state index < -0.39 is 0 Å². The van der Waals surface area contributed by atoms with Crippen molar-refractivity contribution in [3.05, 3.63) is 23.8 Å². The fraction of sp³-hybridized carbons (Fsp3) is 0.571. The van der Waals surface area contributed by atoms with Gasteiger partial charge in [0.25, 0.3) is 0 Å². The standard InChI is InChI=1S/C14H23NO2.ClH/c1-5-14(6-2,10-15)11-7-8-12(16-3)13(9-11)17-4;/h7-9H,5-6,10,15H2,1-4H3;1H. The summed E-state index contributed by atoms with van der Waals surface area (Å²) >= 11 is 0. The van der Waals surface area contributed by atoms with Gasteiger partial charge in [0.15, 0.2) is 11.5 Å². The zero-order chi connectivity index (χ0) is 12.9. The van der Waals surface area contributed by atoms with Crippen molar-refractivity contribution >= 4 is 12.4 Å². The van der Waals surface area contributed by atoms with Crippen LogP contribution < -0.4 is 15.2 Å². The summed E-state index contributed by atoms with van der Waals surface area (Å²) in [6.07, 6.45) is 2.05. The third-order valence-electron chi connectivity index (χ3n) is 3.74. The molecule has 0 aliphatic rings. The van der Waals surface area contributed by atoms with E-state index in [2.05, 4.69) is 19.9 Å². The van der Waals surface area contributed by atoms with E-state index in [0.717, 1.165) is 24.3 Å². The smallest absolute Gasteiger partial charge is 0.161 e. The molecule has 104 valence electrons. The molecule has 0 aliphatic heterocycles. The lowest BCUT2D eigenvalue weighted by atomic mass is 9.76. The Morgan fingerprint density at radius 1 is 1.06 bits per heavy atom. The molecular formula is C14H24ClNO2. The third-order valence-corrected chi connectivity index (χ3v) is 3.74. The Labute approximate surface area is 116 Å². The maximum Gasteiger partial charge on any atom is 0.161 e.